The van der Waals surface area contributed by atoms with Gasteiger partial charge in [0.1, 0.15) is 23.9 Å². The molecule has 5 heteroatoms. The summed E-state index contributed by atoms with van der Waals surface area (Å²) in [5.41, 5.74) is 0.930. The Balaban J connectivity index is 2.11. The number of halogens is 3. The zero-order valence-corrected chi connectivity index (χ0v) is 12.5. The Kier molecular flexibility index (Phi) is 4.66. The molecule has 19 heavy (non-hydrogen) atoms. The molecule has 0 atom stereocenters. The van der Waals surface area contributed by atoms with Crippen molar-refractivity contribution in [3.8, 4) is 11.5 Å². The summed E-state index contributed by atoms with van der Waals surface area (Å²) in [6.07, 6.45) is 0. The number of hydrogen-bond acceptors (Lipinski definition) is 2. The number of methoxy groups -OCH3 is 1. The molecule has 2 aromatic carbocycles. The van der Waals surface area contributed by atoms with Crippen molar-refractivity contribution >= 4 is 27.5 Å². The fourth-order valence-electron chi connectivity index (χ4n) is 1.52. The summed E-state index contributed by atoms with van der Waals surface area (Å²) in [7, 11) is 1.60. The minimum absolute atomic E-state index is 0.0437. The molecule has 0 fully saturated rings. The number of ether oxygens (including phenoxy) is 2. The molecule has 2 rings (SSSR count). The molecule has 0 aliphatic carbocycles. The van der Waals surface area contributed by atoms with Gasteiger partial charge in [-0.1, -0.05) is 27.5 Å². The van der Waals surface area contributed by atoms with E-state index in [4.69, 9.17) is 21.1 Å². The molecule has 0 aliphatic heterocycles. The van der Waals surface area contributed by atoms with E-state index in [0.717, 1.165) is 15.8 Å². The third-order valence-corrected chi connectivity index (χ3v) is 3.60. The van der Waals surface area contributed by atoms with E-state index in [2.05, 4.69) is 15.9 Å². The first-order valence-corrected chi connectivity index (χ1v) is 6.67. The van der Waals surface area contributed by atoms with Gasteiger partial charge in [0.25, 0.3) is 0 Å². The Labute approximate surface area is 124 Å². The van der Waals surface area contributed by atoms with Gasteiger partial charge in [-0.05, 0) is 30.3 Å². The number of hydrogen-bond donors (Lipinski definition) is 0. The molecule has 2 nitrogen and oxygen atoms in total. The monoisotopic (exact) mass is 344 g/mol. The molecule has 100 valence electrons. The van der Waals surface area contributed by atoms with Gasteiger partial charge in [-0.25, -0.2) is 4.39 Å². The van der Waals surface area contributed by atoms with E-state index in [9.17, 15) is 4.39 Å². The lowest BCUT2D eigenvalue weighted by atomic mass is 10.2. The average Bonchev–Trinajstić information content (AvgIpc) is 2.41. The smallest absolute Gasteiger partial charge is 0.142 e. The Morgan fingerprint density at radius 3 is 2.58 bits per heavy atom. The zero-order valence-electron chi connectivity index (χ0n) is 10.1. The Morgan fingerprint density at radius 1 is 1.16 bits per heavy atom. The van der Waals surface area contributed by atoms with E-state index >= 15 is 0 Å². The largest absolute Gasteiger partial charge is 0.497 e. The first-order chi connectivity index (χ1) is 9.10. The van der Waals surface area contributed by atoms with Crippen LogP contribution in [0.3, 0.4) is 0 Å². The van der Waals surface area contributed by atoms with Crippen LogP contribution in [-0.2, 0) is 6.61 Å². The van der Waals surface area contributed by atoms with Gasteiger partial charge in [0.05, 0.1) is 12.1 Å². The van der Waals surface area contributed by atoms with Crippen LogP contribution in [0.15, 0.2) is 40.9 Å². The molecule has 0 spiro atoms. The number of benzene rings is 2. The zero-order chi connectivity index (χ0) is 13.8. The normalized spacial score (nSPS) is 10.3. The van der Waals surface area contributed by atoms with Crippen LogP contribution in [0.1, 0.15) is 5.56 Å². The van der Waals surface area contributed by atoms with Crippen LogP contribution in [0, 0.1) is 5.82 Å². The van der Waals surface area contributed by atoms with Crippen molar-refractivity contribution in [1.29, 1.82) is 0 Å². The SMILES string of the molecule is COc1ccc(Br)c(COc2ccc(F)c(Cl)c2)c1. The van der Waals surface area contributed by atoms with E-state index in [1.807, 2.05) is 18.2 Å². The molecule has 0 aliphatic rings. The van der Waals surface area contributed by atoms with E-state index in [0.29, 0.717) is 12.4 Å². The van der Waals surface area contributed by atoms with Gasteiger partial charge in [0.2, 0.25) is 0 Å². The molecule has 0 saturated heterocycles. The van der Waals surface area contributed by atoms with Crippen molar-refractivity contribution < 1.29 is 13.9 Å². The van der Waals surface area contributed by atoms with Gasteiger partial charge >= 0.3 is 0 Å². The van der Waals surface area contributed by atoms with Crippen LogP contribution in [0.2, 0.25) is 5.02 Å². The quantitative estimate of drug-likeness (QED) is 0.790. The topological polar surface area (TPSA) is 18.5 Å². The fourth-order valence-corrected chi connectivity index (χ4v) is 2.05. The second-order valence-electron chi connectivity index (χ2n) is 3.82. The second-order valence-corrected chi connectivity index (χ2v) is 5.08. The molecule has 2 aromatic rings. The lowest BCUT2D eigenvalue weighted by Gasteiger charge is -2.10. The Morgan fingerprint density at radius 2 is 1.89 bits per heavy atom. The summed E-state index contributed by atoms with van der Waals surface area (Å²) in [4.78, 5) is 0. The van der Waals surface area contributed by atoms with Gasteiger partial charge in [-0.2, -0.15) is 0 Å². The van der Waals surface area contributed by atoms with Gasteiger partial charge in [-0.15, -0.1) is 0 Å². The van der Waals surface area contributed by atoms with Gasteiger partial charge in [0, 0.05) is 16.1 Å². The van der Waals surface area contributed by atoms with Crippen LogP contribution in [0.4, 0.5) is 4.39 Å². The van der Waals surface area contributed by atoms with Crippen LogP contribution in [0.25, 0.3) is 0 Å². The molecule has 0 bridgehead atoms. The van der Waals surface area contributed by atoms with Crippen LogP contribution >= 0.6 is 27.5 Å². The van der Waals surface area contributed by atoms with Crippen LogP contribution < -0.4 is 9.47 Å². The van der Waals surface area contributed by atoms with Crippen molar-refractivity contribution in [2.75, 3.05) is 7.11 Å². The van der Waals surface area contributed by atoms with Gasteiger partial charge < -0.3 is 9.47 Å². The summed E-state index contributed by atoms with van der Waals surface area (Å²) in [5, 5.41) is 0.0437. The van der Waals surface area contributed by atoms with Crippen LogP contribution in [-0.4, -0.2) is 7.11 Å². The highest BCUT2D eigenvalue weighted by molar-refractivity contribution is 9.10. The Hall–Kier alpha value is -1.26. The maximum absolute atomic E-state index is 13.0. The van der Waals surface area contributed by atoms with Gasteiger partial charge in [0.15, 0.2) is 0 Å². The first kappa shape index (κ1) is 14.2. The minimum atomic E-state index is -0.462. The lowest BCUT2D eigenvalue weighted by Crippen LogP contribution is -1.97. The predicted octanol–water partition coefficient (Wildman–Crippen LogP) is 4.83. The van der Waals surface area contributed by atoms with E-state index in [1.54, 1.807) is 7.11 Å². The molecule has 0 saturated carbocycles. The Bertz CT molecular complexity index is 590. The molecule has 0 amide bonds. The predicted molar refractivity (Wildman–Crippen MR) is 76.4 cm³/mol. The van der Waals surface area contributed by atoms with Crippen LogP contribution in [0.5, 0.6) is 11.5 Å². The maximum atomic E-state index is 13.0. The third-order valence-electron chi connectivity index (χ3n) is 2.54. The van der Waals surface area contributed by atoms with Crippen molar-refractivity contribution in [2.45, 2.75) is 6.61 Å². The summed E-state index contributed by atoms with van der Waals surface area (Å²) >= 11 is 9.13. The summed E-state index contributed by atoms with van der Waals surface area (Å²) in [5.74, 6) is 0.802. The van der Waals surface area contributed by atoms with Crippen molar-refractivity contribution in [1.82, 2.24) is 0 Å². The summed E-state index contributed by atoms with van der Waals surface area (Å²) in [6.45, 7) is 0.333. The molecule has 0 radical (unpaired) electrons. The molecular formula is C14H11BrClFO2. The maximum Gasteiger partial charge on any atom is 0.142 e. The van der Waals surface area contributed by atoms with E-state index < -0.39 is 5.82 Å². The molecular weight excluding hydrogens is 335 g/mol. The fraction of sp³-hybridized carbons (Fsp3) is 0.143. The number of rotatable bonds is 4. The van der Waals surface area contributed by atoms with Crippen molar-refractivity contribution in [3.63, 3.8) is 0 Å². The molecule has 0 unspecified atom stereocenters. The summed E-state index contributed by atoms with van der Waals surface area (Å²) in [6, 6.07) is 9.87. The summed E-state index contributed by atoms with van der Waals surface area (Å²) < 4.78 is 24.7. The highest BCUT2D eigenvalue weighted by atomic mass is 79.9. The van der Waals surface area contributed by atoms with Crippen molar-refractivity contribution in [2.24, 2.45) is 0 Å². The van der Waals surface area contributed by atoms with E-state index in [-0.39, 0.29) is 5.02 Å². The second kappa shape index (κ2) is 6.26. The molecule has 0 aromatic heterocycles. The first-order valence-electron chi connectivity index (χ1n) is 5.50. The van der Waals surface area contributed by atoms with E-state index in [1.165, 1.54) is 18.2 Å². The highest BCUT2D eigenvalue weighted by Gasteiger charge is 2.05. The highest BCUT2D eigenvalue weighted by Crippen LogP contribution is 2.25. The van der Waals surface area contributed by atoms with Gasteiger partial charge in [-0.3, -0.25) is 0 Å². The lowest BCUT2D eigenvalue weighted by molar-refractivity contribution is 0.304. The third kappa shape index (κ3) is 3.61. The molecule has 0 heterocycles. The van der Waals surface area contributed by atoms with Crippen molar-refractivity contribution in [3.05, 3.63) is 57.3 Å². The average molecular weight is 346 g/mol. The molecule has 0 N–H and O–H groups in total. The minimum Gasteiger partial charge on any atom is -0.497 e. The standard InChI is InChI=1S/C14H11BrClFO2/c1-18-10-2-4-12(15)9(6-10)8-19-11-3-5-14(17)13(16)7-11/h2-7H,8H2,1H3.